The zero-order valence-electron chi connectivity index (χ0n) is 21.1. The van der Waals surface area contributed by atoms with Crippen molar-refractivity contribution in [2.75, 3.05) is 32.1 Å². The van der Waals surface area contributed by atoms with Gasteiger partial charge in [0.25, 0.3) is 5.91 Å². The molecular weight excluding hydrogens is 518 g/mol. The highest BCUT2D eigenvalue weighted by Gasteiger charge is 2.37. The van der Waals surface area contributed by atoms with Crippen LogP contribution in [-0.2, 0) is 14.8 Å². The number of anilines is 1. The van der Waals surface area contributed by atoms with E-state index in [-0.39, 0.29) is 59.6 Å². The molecule has 4 rings (SSSR count). The van der Waals surface area contributed by atoms with Gasteiger partial charge in [-0.25, -0.2) is 8.42 Å². The average molecular weight is 550 g/mol. The van der Waals surface area contributed by atoms with Crippen molar-refractivity contribution in [3.05, 3.63) is 53.1 Å². The average Bonchev–Trinajstić information content (AvgIpc) is 3.72. The van der Waals surface area contributed by atoms with Gasteiger partial charge in [0.15, 0.2) is 5.75 Å². The van der Waals surface area contributed by atoms with Crippen molar-refractivity contribution in [3.8, 4) is 5.75 Å². The zero-order chi connectivity index (χ0) is 26.9. The number of hydrogen-bond donors (Lipinski definition) is 2. The smallest absolute Gasteiger partial charge is 0.258 e. The van der Waals surface area contributed by atoms with Crippen LogP contribution in [0.4, 0.5) is 5.69 Å². The summed E-state index contributed by atoms with van der Waals surface area (Å²) in [6, 6.07) is 10.4. The summed E-state index contributed by atoms with van der Waals surface area (Å²) >= 11 is 5.93. The van der Waals surface area contributed by atoms with E-state index >= 15 is 0 Å². The van der Waals surface area contributed by atoms with Crippen LogP contribution in [-0.4, -0.2) is 73.4 Å². The number of sulfonamides is 1. The first-order chi connectivity index (χ1) is 17.5. The topological polar surface area (TPSA) is 116 Å². The standard InChI is InChI=1S/C26H32ClN3O6S/c1-16-13-30(17(2)15-31)26(33)21-5-4-6-22(28-25(32)18-7-8-18)24(21)36-23(16)14-29(3)37(34,35)20-11-9-19(27)10-12-20/h4-6,9-12,16-18,23,31H,7-8,13-15H2,1-3H3,(H,28,32)/t16-,17-,23+/m0/s1. The molecule has 3 atom stereocenters. The van der Waals surface area contributed by atoms with Gasteiger partial charge in [-0.3, -0.25) is 9.59 Å². The lowest BCUT2D eigenvalue weighted by atomic mass is 9.99. The number of amides is 2. The van der Waals surface area contributed by atoms with Crippen LogP contribution in [0, 0.1) is 11.8 Å². The molecule has 2 aliphatic rings. The van der Waals surface area contributed by atoms with Crippen LogP contribution >= 0.6 is 11.6 Å². The van der Waals surface area contributed by atoms with Crippen molar-refractivity contribution in [2.45, 2.75) is 43.7 Å². The molecule has 0 radical (unpaired) electrons. The summed E-state index contributed by atoms with van der Waals surface area (Å²) in [7, 11) is -2.38. The van der Waals surface area contributed by atoms with Crippen LogP contribution in [0.1, 0.15) is 37.0 Å². The number of nitrogens with one attached hydrogen (secondary N) is 1. The Labute approximate surface area is 222 Å². The lowest BCUT2D eigenvalue weighted by Crippen LogP contribution is -2.50. The van der Waals surface area contributed by atoms with E-state index in [4.69, 9.17) is 16.3 Å². The van der Waals surface area contributed by atoms with Crippen molar-refractivity contribution < 1.29 is 27.9 Å². The minimum Gasteiger partial charge on any atom is -0.486 e. The van der Waals surface area contributed by atoms with E-state index in [0.29, 0.717) is 10.7 Å². The van der Waals surface area contributed by atoms with Crippen LogP contribution in [0.25, 0.3) is 0 Å². The molecule has 2 amide bonds. The summed E-state index contributed by atoms with van der Waals surface area (Å²) < 4.78 is 34.1. The van der Waals surface area contributed by atoms with Crippen molar-refractivity contribution >= 4 is 39.1 Å². The number of carbonyl (C=O) groups excluding carboxylic acids is 2. The van der Waals surface area contributed by atoms with E-state index in [1.807, 2.05) is 6.92 Å². The Morgan fingerprint density at radius 3 is 2.54 bits per heavy atom. The molecule has 2 aromatic carbocycles. The zero-order valence-corrected chi connectivity index (χ0v) is 22.6. The monoisotopic (exact) mass is 549 g/mol. The normalized spacial score (nSPS) is 21.0. The van der Waals surface area contributed by atoms with Crippen LogP contribution in [0.3, 0.4) is 0 Å². The molecule has 1 fully saturated rings. The number of aliphatic hydroxyl groups is 1. The molecule has 1 heterocycles. The molecule has 0 spiro atoms. The number of nitrogens with zero attached hydrogens (tertiary/aromatic N) is 2. The Balaban J connectivity index is 1.70. The van der Waals surface area contributed by atoms with Gasteiger partial charge in [-0.15, -0.1) is 0 Å². The SMILES string of the molecule is C[C@H]1CN([C@@H](C)CO)C(=O)c2cccc(NC(=O)C3CC3)c2O[C@@H]1CN(C)S(=O)(=O)c1ccc(Cl)cc1. The number of aliphatic hydroxyl groups excluding tert-OH is 1. The molecule has 200 valence electrons. The largest absolute Gasteiger partial charge is 0.486 e. The van der Waals surface area contributed by atoms with Gasteiger partial charge in [-0.05, 0) is 56.2 Å². The lowest BCUT2D eigenvalue weighted by molar-refractivity contribution is -0.117. The first-order valence-corrected chi connectivity index (χ1v) is 14.1. The van der Waals surface area contributed by atoms with Crippen LogP contribution in [0.2, 0.25) is 5.02 Å². The first-order valence-electron chi connectivity index (χ1n) is 12.3. The van der Waals surface area contributed by atoms with Gasteiger partial charge >= 0.3 is 0 Å². The molecule has 1 aliphatic heterocycles. The number of hydrogen-bond acceptors (Lipinski definition) is 6. The second kappa shape index (κ2) is 11.0. The second-order valence-electron chi connectivity index (χ2n) is 9.81. The fraction of sp³-hybridized carbons (Fsp3) is 0.462. The molecule has 11 heteroatoms. The highest BCUT2D eigenvalue weighted by molar-refractivity contribution is 7.89. The Bertz CT molecular complexity index is 1270. The molecular formula is C26H32ClN3O6S. The van der Waals surface area contributed by atoms with Gasteiger partial charge in [0.2, 0.25) is 15.9 Å². The number of ether oxygens (including phenoxy) is 1. The van der Waals surface area contributed by atoms with Crippen molar-refractivity contribution in [2.24, 2.45) is 11.8 Å². The Morgan fingerprint density at radius 2 is 1.92 bits per heavy atom. The van der Waals surface area contributed by atoms with E-state index in [2.05, 4.69) is 5.32 Å². The Hall–Kier alpha value is -2.66. The van der Waals surface area contributed by atoms with E-state index in [1.54, 1.807) is 30.0 Å². The molecule has 1 aliphatic carbocycles. The number of carbonyl (C=O) groups is 2. The van der Waals surface area contributed by atoms with Crippen LogP contribution < -0.4 is 10.1 Å². The summed E-state index contributed by atoms with van der Waals surface area (Å²) in [5, 5.41) is 13.1. The van der Waals surface area contributed by atoms with Crippen LogP contribution in [0.5, 0.6) is 5.75 Å². The first kappa shape index (κ1) is 27.4. The highest BCUT2D eigenvalue weighted by Crippen LogP contribution is 2.37. The predicted molar refractivity (Wildman–Crippen MR) is 140 cm³/mol. The summed E-state index contributed by atoms with van der Waals surface area (Å²) in [5.74, 6) is -0.631. The van der Waals surface area contributed by atoms with Crippen molar-refractivity contribution in [1.29, 1.82) is 0 Å². The molecule has 0 saturated heterocycles. The maximum Gasteiger partial charge on any atom is 0.258 e. The summed E-state index contributed by atoms with van der Waals surface area (Å²) in [5.41, 5.74) is 0.607. The Morgan fingerprint density at radius 1 is 1.24 bits per heavy atom. The van der Waals surface area contributed by atoms with Gasteiger partial charge in [0.1, 0.15) is 6.10 Å². The predicted octanol–water partition coefficient (Wildman–Crippen LogP) is 3.23. The third-order valence-electron chi connectivity index (χ3n) is 6.86. The summed E-state index contributed by atoms with van der Waals surface area (Å²) in [4.78, 5) is 27.8. The number of likely N-dealkylation sites (N-methyl/N-ethyl adjacent to an activating group) is 1. The summed E-state index contributed by atoms with van der Waals surface area (Å²) in [6.45, 7) is 3.62. The van der Waals surface area contributed by atoms with E-state index in [0.717, 1.165) is 12.8 Å². The van der Waals surface area contributed by atoms with Crippen LogP contribution in [0.15, 0.2) is 47.4 Å². The molecule has 2 N–H and O–H groups in total. The second-order valence-corrected chi connectivity index (χ2v) is 12.3. The lowest BCUT2D eigenvalue weighted by Gasteiger charge is -2.38. The minimum absolute atomic E-state index is 0.00793. The molecule has 2 aromatic rings. The molecule has 0 bridgehead atoms. The van der Waals surface area contributed by atoms with Gasteiger partial charge in [0, 0.05) is 30.5 Å². The third-order valence-corrected chi connectivity index (χ3v) is 8.95. The Kier molecular flexibility index (Phi) is 8.13. The molecule has 0 unspecified atom stereocenters. The van der Waals surface area contributed by atoms with Crippen molar-refractivity contribution in [3.63, 3.8) is 0 Å². The third kappa shape index (κ3) is 5.93. The van der Waals surface area contributed by atoms with Gasteiger partial charge in [0.05, 0.1) is 35.3 Å². The fourth-order valence-electron chi connectivity index (χ4n) is 4.28. The van der Waals surface area contributed by atoms with E-state index in [1.165, 1.54) is 35.6 Å². The molecule has 0 aromatic heterocycles. The quantitative estimate of drug-likeness (QED) is 0.522. The van der Waals surface area contributed by atoms with Crippen molar-refractivity contribution in [1.82, 2.24) is 9.21 Å². The molecule has 1 saturated carbocycles. The van der Waals surface area contributed by atoms with E-state index < -0.39 is 22.2 Å². The highest BCUT2D eigenvalue weighted by atomic mass is 35.5. The van der Waals surface area contributed by atoms with Gasteiger partial charge in [-0.1, -0.05) is 24.6 Å². The molecule has 37 heavy (non-hydrogen) atoms. The van der Waals surface area contributed by atoms with Gasteiger partial charge < -0.3 is 20.1 Å². The maximum atomic E-state index is 13.5. The molecule has 9 nitrogen and oxygen atoms in total. The fourth-order valence-corrected chi connectivity index (χ4v) is 5.59. The maximum absolute atomic E-state index is 13.5. The van der Waals surface area contributed by atoms with E-state index in [9.17, 15) is 23.1 Å². The number of rotatable bonds is 8. The summed E-state index contributed by atoms with van der Waals surface area (Å²) in [6.07, 6.45) is 0.969. The number of fused-ring (bicyclic) bond motifs is 1. The number of para-hydroxylation sites is 1. The minimum atomic E-state index is -3.85. The number of halogens is 1. The van der Waals surface area contributed by atoms with Gasteiger partial charge in [-0.2, -0.15) is 4.31 Å². The number of benzene rings is 2.